The molecule has 0 aliphatic carbocycles. The van der Waals surface area contributed by atoms with Crippen LogP contribution in [0.1, 0.15) is 18.4 Å². The van der Waals surface area contributed by atoms with Gasteiger partial charge in [0.2, 0.25) is 15.9 Å². The van der Waals surface area contributed by atoms with E-state index in [0.717, 1.165) is 31.5 Å². The number of hydrogen-bond acceptors (Lipinski definition) is 5. The molecule has 1 aliphatic heterocycles. The molecule has 1 aromatic carbocycles. The molecule has 4 N–H and O–H groups in total. The molecule has 1 aliphatic rings. The number of halogens is 1. The van der Waals surface area contributed by atoms with E-state index < -0.39 is 15.4 Å². The highest BCUT2D eigenvalue weighted by Crippen LogP contribution is 2.29. The summed E-state index contributed by atoms with van der Waals surface area (Å²) >= 11 is 0. The summed E-state index contributed by atoms with van der Waals surface area (Å²) in [5.41, 5.74) is 0.478. The molecule has 9 heteroatoms. The molecule has 0 radical (unpaired) electrons. The quantitative estimate of drug-likeness (QED) is 0.624. The van der Waals surface area contributed by atoms with Gasteiger partial charge in [-0.1, -0.05) is 12.1 Å². The van der Waals surface area contributed by atoms with Crippen LogP contribution in [0.15, 0.2) is 29.2 Å². The van der Waals surface area contributed by atoms with E-state index in [1.807, 2.05) is 0 Å². The van der Waals surface area contributed by atoms with Crippen molar-refractivity contribution < 1.29 is 17.9 Å². The zero-order valence-electron chi connectivity index (χ0n) is 14.3. The summed E-state index contributed by atoms with van der Waals surface area (Å²) in [6, 6.07) is 6.38. The molecule has 25 heavy (non-hydrogen) atoms. The van der Waals surface area contributed by atoms with E-state index in [0.29, 0.717) is 19.6 Å². The van der Waals surface area contributed by atoms with Crippen LogP contribution in [0.25, 0.3) is 0 Å². The van der Waals surface area contributed by atoms with Gasteiger partial charge < -0.3 is 15.4 Å². The van der Waals surface area contributed by atoms with Crippen molar-refractivity contribution in [2.24, 2.45) is 10.6 Å². The first-order valence-electron chi connectivity index (χ1n) is 7.97. The molecule has 1 saturated heterocycles. The number of benzene rings is 1. The minimum atomic E-state index is -3.67. The summed E-state index contributed by atoms with van der Waals surface area (Å²) < 4.78 is 27.7. The molecule has 0 saturated carbocycles. The molecule has 2 rings (SSSR count). The lowest BCUT2D eigenvalue weighted by Crippen LogP contribution is -2.50. The fourth-order valence-corrected chi connectivity index (χ4v) is 3.49. The number of methoxy groups -OCH3 is 1. The number of amides is 1. The fraction of sp³-hybridized carbons (Fsp3) is 0.562. The second-order valence-electron chi connectivity index (χ2n) is 6.16. The number of rotatable bonds is 7. The number of primary sulfonamides is 1. The lowest BCUT2D eigenvalue weighted by atomic mass is 9.78. The fourth-order valence-electron chi connectivity index (χ4n) is 2.97. The third-order valence-corrected chi connectivity index (χ3v) is 5.34. The van der Waals surface area contributed by atoms with Gasteiger partial charge in [-0.25, -0.2) is 13.6 Å². The molecule has 0 bridgehead atoms. The zero-order chi connectivity index (χ0) is 17.6. The maximum atomic E-state index is 12.6. The van der Waals surface area contributed by atoms with Crippen LogP contribution in [0.2, 0.25) is 0 Å². The Morgan fingerprint density at radius 2 is 1.88 bits per heavy atom. The summed E-state index contributed by atoms with van der Waals surface area (Å²) in [7, 11) is -2.06. The average molecular weight is 392 g/mol. The van der Waals surface area contributed by atoms with Crippen molar-refractivity contribution in [1.82, 2.24) is 10.6 Å². The van der Waals surface area contributed by atoms with E-state index in [2.05, 4.69) is 10.6 Å². The molecule has 1 heterocycles. The monoisotopic (exact) mass is 391 g/mol. The van der Waals surface area contributed by atoms with Crippen LogP contribution in [0.5, 0.6) is 0 Å². The number of sulfonamides is 1. The number of hydrogen-bond donors (Lipinski definition) is 3. The summed E-state index contributed by atoms with van der Waals surface area (Å²) in [5, 5.41) is 11.3. The van der Waals surface area contributed by atoms with Crippen LogP contribution in [0.4, 0.5) is 0 Å². The highest BCUT2D eigenvalue weighted by atomic mass is 35.5. The summed E-state index contributed by atoms with van der Waals surface area (Å²) in [6.45, 7) is 2.54. The van der Waals surface area contributed by atoms with Crippen LogP contribution in [-0.2, 0) is 26.0 Å². The van der Waals surface area contributed by atoms with Crippen molar-refractivity contribution in [3.8, 4) is 0 Å². The predicted octanol–water partition coefficient (Wildman–Crippen LogP) is 0.431. The number of carbonyl (C=O) groups is 1. The molecule has 1 fully saturated rings. The van der Waals surface area contributed by atoms with E-state index in [1.165, 1.54) is 12.1 Å². The third kappa shape index (κ3) is 5.93. The first-order chi connectivity index (χ1) is 11.4. The Hall–Kier alpha value is -1.19. The second-order valence-corrected chi connectivity index (χ2v) is 7.72. The van der Waals surface area contributed by atoms with Crippen LogP contribution < -0.4 is 15.8 Å². The Morgan fingerprint density at radius 1 is 1.28 bits per heavy atom. The molecule has 1 amide bonds. The molecule has 0 unspecified atom stereocenters. The van der Waals surface area contributed by atoms with Crippen LogP contribution in [-0.4, -0.2) is 47.7 Å². The molecule has 7 nitrogen and oxygen atoms in total. The maximum Gasteiger partial charge on any atom is 0.238 e. The van der Waals surface area contributed by atoms with Crippen molar-refractivity contribution in [3.63, 3.8) is 0 Å². The predicted molar refractivity (Wildman–Crippen MR) is 98.2 cm³/mol. The number of nitrogens with two attached hydrogens (primary N) is 1. The van der Waals surface area contributed by atoms with Gasteiger partial charge in [-0.3, -0.25) is 4.79 Å². The molecule has 0 aromatic heterocycles. The lowest BCUT2D eigenvalue weighted by molar-refractivity contribution is -0.136. The van der Waals surface area contributed by atoms with Gasteiger partial charge in [-0.05, 0) is 50.0 Å². The minimum Gasteiger partial charge on any atom is -0.384 e. The van der Waals surface area contributed by atoms with Crippen molar-refractivity contribution in [3.05, 3.63) is 29.8 Å². The van der Waals surface area contributed by atoms with Crippen molar-refractivity contribution in [1.29, 1.82) is 0 Å². The van der Waals surface area contributed by atoms with Crippen molar-refractivity contribution in [2.75, 3.05) is 33.4 Å². The summed E-state index contributed by atoms with van der Waals surface area (Å²) in [6.07, 6.45) is 2.14. The Kier molecular flexibility index (Phi) is 8.30. The Bertz CT molecular complexity index is 653. The Labute approximate surface area is 155 Å². The van der Waals surface area contributed by atoms with Gasteiger partial charge in [-0.15, -0.1) is 12.4 Å². The normalized spacial score (nSPS) is 16.7. The third-order valence-electron chi connectivity index (χ3n) is 4.41. The van der Waals surface area contributed by atoms with E-state index in [4.69, 9.17) is 9.88 Å². The van der Waals surface area contributed by atoms with Gasteiger partial charge in [0.15, 0.2) is 0 Å². The summed E-state index contributed by atoms with van der Waals surface area (Å²) in [5.74, 6) is 0.0204. The van der Waals surface area contributed by atoms with Gasteiger partial charge in [0.25, 0.3) is 0 Å². The first kappa shape index (κ1) is 21.9. The van der Waals surface area contributed by atoms with Gasteiger partial charge in [0, 0.05) is 13.7 Å². The number of carbonyl (C=O) groups excluding carboxylic acids is 1. The number of ether oxygens (including phenoxy) is 1. The van der Waals surface area contributed by atoms with E-state index >= 15 is 0 Å². The smallest absolute Gasteiger partial charge is 0.238 e. The highest BCUT2D eigenvalue weighted by molar-refractivity contribution is 7.89. The zero-order valence-corrected chi connectivity index (χ0v) is 15.9. The Balaban J connectivity index is 0.00000312. The molecule has 0 atom stereocenters. The second kappa shape index (κ2) is 9.49. The van der Waals surface area contributed by atoms with E-state index in [9.17, 15) is 13.2 Å². The van der Waals surface area contributed by atoms with Crippen LogP contribution in [0, 0.1) is 5.41 Å². The van der Waals surface area contributed by atoms with Crippen molar-refractivity contribution >= 4 is 28.3 Å². The maximum absolute atomic E-state index is 12.6. The Morgan fingerprint density at radius 3 is 2.40 bits per heavy atom. The van der Waals surface area contributed by atoms with Crippen LogP contribution in [0.3, 0.4) is 0 Å². The topological polar surface area (TPSA) is 111 Å². The van der Waals surface area contributed by atoms with Crippen molar-refractivity contribution in [2.45, 2.75) is 24.2 Å². The molecular weight excluding hydrogens is 366 g/mol. The van der Waals surface area contributed by atoms with E-state index in [-0.39, 0.29) is 23.2 Å². The van der Waals surface area contributed by atoms with Gasteiger partial charge in [0.05, 0.1) is 16.9 Å². The largest absolute Gasteiger partial charge is 0.384 e. The standard InChI is InChI=1S/C16H25N3O4S.ClH/c1-23-12-16(7-10-18-11-8-16)15(20)19-9-6-13-2-4-14(5-3-13)24(17,21)22;/h2-5,18H,6-12H2,1H3,(H,19,20)(H2,17,21,22);1H. The molecule has 142 valence electrons. The van der Waals surface area contributed by atoms with E-state index in [1.54, 1.807) is 19.2 Å². The highest BCUT2D eigenvalue weighted by Gasteiger charge is 2.39. The molecule has 0 spiro atoms. The molecular formula is C16H26ClN3O4S. The average Bonchev–Trinajstić information content (AvgIpc) is 2.55. The van der Waals surface area contributed by atoms with Gasteiger partial charge >= 0.3 is 0 Å². The number of nitrogens with one attached hydrogen (secondary N) is 2. The summed E-state index contributed by atoms with van der Waals surface area (Å²) in [4.78, 5) is 12.7. The number of piperidine rings is 1. The SMILES string of the molecule is COCC1(C(=O)NCCc2ccc(S(N)(=O)=O)cc2)CCNCC1.Cl. The molecule has 1 aromatic rings. The van der Waals surface area contributed by atoms with Gasteiger partial charge in [-0.2, -0.15) is 0 Å². The van der Waals surface area contributed by atoms with Crippen LogP contribution >= 0.6 is 12.4 Å². The van der Waals surface area contributed by atoms with Gasteiger partial charge in [0.1, 0.15) is 0 Å². The first-order valence-corrected chi connectivity index (χ1v) is 9.52. The lowest BCUT2D eigenvalue weighted by Gasteiger charge is -2.35. The minimum absolute atomic E-state index is 0.